The Bertz CT molecular complexity index is 882. The fraction of sp³-hybridized carbons (Fsp3) is 0.233. The third-order valence-corrected chi connectivity index (χ3v) is 7.58. The summed E-state index contributed by atoms with van der Waals surface area (Å²) in [5.41, 5.74) is 4.00. The predicted octanol–water partition coefficient (Wildman–Crippen LogP) is 7.32. The molecular formula is C30H38Cl3SiTi. The number of rotatable bonds is 4. The summed E-state index contributed by atoms with van der Waals surface area (Å²) in [4.78, 5) is 0. The quantitative estimate of drug-likeness (QED) is 0.172. The van der Waals surface area contributed by atoms with Crippen LogP contribution in [0.15, 0.2) is 91.0 Å². The maximum atomic E-state index is 2.99. The van der Waals surface area contributed by atoms with E-state index in [0.717, 1.165) is 6.42 Å². The van der Waals surface area contributed by atoms with Gasteiger partial charge in [-0.05, 0) is 20.8 Å². The van der Waals surface area contributed by atoms with Crippen LogP contribution >= 0.6 is 37.2 Å². The average Bonchev–Trinajstić information content (AvgIpc) is 3.35. The van der Waals surface area contributed by atoms with E-state index in [2.05, 4.69) is 126 Å². The van der Waals surface area contributed by atoms with Crippen LogP contribution in [0.4, 0.5) is 0 Å². The Hall–Kier alpha value is -1.06. The normalized spacial score (nSPS) is 10.2. The zero-order valence-corrected chi connectivity index (χ0v) is 26.4. The van der Waals surface area contributed by atoms with E-state index in [0.29, 0.717) is 0 Å². The number of unbranched alkanes of at least 4 members (excludes halogenated alkanes) is 1. The van der Waals surface area contributed by atoms with Crippen LogP contribution < -0.4 is 15.6 Å². The van der Waals surface area contributed by atoms with Gasteiger partial charge in [-0.1, -0.05) is 112 Å². The minimum atomic E-state index is -0.944. The number of hydrogen-bond acceptors (Lipinski definition) is 0. The Morgan fingerprint density at radius 3 is 1.31 bits per heavy atom. The van der Waals surface area contributed by atoms with Gasteiger partial charge in [-0.25, -0.2) is 12.2 Å². The Kier molecular flexibility index (Phi) is 24.4. The molecule has 1 aliphatic rings. The Labute approximate surface area is 249 Å². The van der Waals surface area contributed by atoms with Crippen molar-refractivity contribution in [3.63, 3.8) is 0 Å². The van der Waals surface area contributed by atoms with Crippen molar-refractivity contribution in [2.75, 3.05) is 0 Å². The fourth-order valence-electron chi connectivity index (χ4n) is 3.24. The molecule has 4 rings (SSSR count). The van der Waals surface area contributed by atoms with Crippen molar-refractivity contribution in [3.05, 3.63) is 120 Å². The molecule has 0 aliphatic heterocycles. The Morgan fingerprint density at radius 2 is 1.11 bits per heavy atom. The van der Waals surface area contributed by atoms with Gasteiger partial charge in [0, 0.05) is 0 Å². The van der Waals surface area contributed by atoms with Crippen molar-refractivity contribution in [1.82, 2.24) is 0 Å². The average molecular weight is 581 g/mol. The van der Waals surface area contributed by atoms with Gasteiger partial charge in [0.15, 0.2) is 8.80 Å². The summed E-state index contributed by atoms with van der Waals surface area (Å²) in [5.74, 6) is 0. The topological polar surface area (TPSA) is 0 Å². The molecule has 0 saturated carbocycles. The van der Waals surface area contributed by atoms with Gasteiger partial charge in [-0.3, -0.25) is 6.08 Å². The zero-order valence-electron chi connectivity index (χ0n) is 21.4. The van der Waals surface area contributed by atoms with Gasteiger partial charge in [0.1, 0.15) is 0 Å². The largest absolute Gasteiger partial charge is 2.00 e. The maximum absolute atomic E-state index is 2.99. The van der Waals surface area contributed by atoms with E-state index in [4.69, 9.17) is 0 Å². The van der Waals surface area contributed by atoms with Gasteiger partial charge >= 0.3 is 21.7 Å². The van der Waals surface area contributed by atoms with Gasteiger partial charge < -0.3 is 6.42 Å². The van der Waals surface area contributed by atoms with Gasteiger partial charge in [0.05, 0.1) is 0 Å². The molecule has 0 aromatic heterocycles. The minimum absolute atomic E-state index is 0. The van der Waals surface area contributed by atoms with Crippen LogP contribution in [0.5, 0.6) is 0 Å². The van der Waals surface area contributed by atoms with Crippen LogP contribution in [0.2, 0.25) is 0 Å². The summed E-state index contributed by atoms with van der Waals surface area (Å²) in [6.45, 7) is 10.7. The van der Waals surface area contributed by atoms with Crippen molar-refractivity contribution in [2.45, 2.75) is 47.5 Å². The fourth-order valence-corrected chi connectivity index (χ4v) is 6.15. The zero-order chi connectivity index (χ0) is 22.5. The molecule has 0 atom stereocenters. The second-order valence-corrected chi connectivity index (χ2v) is 10.3. The van der Waals surface area contributed by atoms with Crippen LogP contribution in [0, 0.1) is 33.3 Å². The van der Waals surface area contributed by atoms with Crippen LogP contribution in [0.25, 0.3) is 0 Å². The first-order valence-electron chi connectivity index (χ1n) is 11.1. The Morgan fingerprint density at radius 1 is 0.743 bits per heavy atom. The molecule has 0 nitrogen and oxygen atoms in total. The van der Waals surface area contributed by atoms with E-state index in [1.807, 2.05) is 12.2 Å². The molecule has 3 aromatic rings. The molecule has 1 aliphatic carbocycles. The molecule has 0 amide bonds. The molecule has 1 radical (unpaired) electrons. The molecule has 0 unspecified atom stereocenters. The van der Waals surface area contributed by atoms with Gasteiger partial charge in [-0.2, -0.15) is 19.4 Å². The SMILES string of the molecule is C[CH-]CC.Cc1cccc([Si](c2cccc(C)c2)c2cccc(C)c2)c1.Cl.Cl.Cl.[C-]1=CC=CC1.[Ti+2]. The molecule has 35 heavy (non-hydrogen) atoms. The predicted molar refractivity (Wildman–Crippen MR) is 162 cm³/mol. The third kappa shape index (κ3) is 14.3. The summed E-state index contributed by atoms with van der Waals surface area (Å²) in [6.07, 6.45) is 13.3. The van der Waals surface area contributed by atoms with Gasteiger partial charge in [0.2, 0.25) is 0 Å². The summed E-state index contributed by atoms with van der Waals surface area (Å²) >= 11 is 0. The molecule has 0 saturated heterocycles. The van der Waals surface area contributed by atoms with Crippen LogP contribution in [0.3, 0.4) is 0 Å². The van der Waals surface area contributed by atoms with Crippen LogP contribution in [-0.2, 0) is 21.7 Å². The van der Waals surface area contributed by atoms with E-state index in [9.17, 15) is 0 Å². The molecule has 3 aromatic carbocycles. The molecule has 0 fully saturated rings. The summed E-state index contributed by atoms with van der Waals surface area (Å²) in [7, 11) is -0.944. The van der Waals surface area contributed by atoms with Crippen LogP contribution in [-0.4, -0.2) is 8.80 Å². The maximum Gasteiger partial charge on any atom is 2.00 e. The standard InChI is InChI=1S/C21H21Si.C5H5.C4H9.3ClH.Ti/c1-16-7-4-10-19(13-16)22(20-11-5-8-17(2)14-20)21-12-6-9-18(3)15-21;1-2-4-5-3-1;1-3-4-2;;;;/h4-15H,1-3H3;1-3H,4H2;3H,4H2,1-2H3;3*1H;/q;2*-1;;;;+2. The van der Waals surface area contributed by atoms with Crippen LogP contribution in [0.1, 0.15) is 43.4 Å². The Balaban J connectivity index is -0.000000675. The molecule has 0 spiro atoms. The van der Waals surface area contributed by atoms with Crippen molar-refractivity contribution < 1.29 is 21.7 Å². The monoisotopic (exact) mass is 579 g/mol. The third-order valence-electron chi connectivity index (χ3n) is 4.91. The molecule has 0 N–H and O–H groups in total. The van der Waals surface area contributed by atoms with E-state index in [-0.39, 0.29) is 58.9 Å². The van der Waals surface area contributed by atoms with Crippen molar-refractivity contribution in [2.24, 2.45) is 0 Å². The van der Waals surface area contributed by atoms with Gasteiger partial charge in [-0.15, -0.1) is 43.6 Å². The van der Waals surface area contributed by atoms with E-state index < -0.39 is 8.80 Å². The molecule has 187 valence electrons. The smallest absolute Gasteiger partial charge is 0.332 e. The summed E-state index contributed by atoms with van der Waals surface area (Å²) in [6, 6.07) is 27.0. The number of benzene rings is 3. The number of allylic oxidation sites excluding steroid dienone is 4. The second kappa shape index (κ2) is 22.2. The first kappa shape index (κ1) is 38.5. The number of hydrogen-bond donors (Lipinski definition) is 0. The summed E-state index contributed by atoms with van der Waals surface area (Å²) in [5, 5.41) is 4.38. The molecule has 0 heterocycles. The van der Waals surface area contributed by atoms with E-state index in [1.54, 1.807) is 0 Å². The van der Waals surface area contributed by atoms with E-state index in [1.165, 1.54) is 38.7 Å². The van der Waals surface area contributed by atoms with Gasteiger partial charge in [0.25, 0.3) is 0 Å². The molecular weight excluding hydrogens is 543 g/mol. The van der Waals surface area contributed by atoms with E-state index >= 15 is 0 Å². The molecule has 5 heteroatoms. The number of halogens is 3. The first-order chi connectivity index (χ1) is 15.0. The minimum Gasteiger partial charge on any atom is -0.332 e. The van der Waals surface area contributed by atoms with Crippen molar-refractivity contribution >= 4 is 61.6 Å². The van der Waals surface area contributed by atoms with Crippen molar-refractivity contribution in [3.8, 4) is 0 Å². The summed E-state index contributed by atoms with van der Waals surface area (Å²) < 4.78 is 0. The number of aryl methyl sites for hydroxylation is 3. The molecule has 0 bridgehead atoms. The van der Waals surface area contributed by atoms with Crippen molar-refractivity contribution in [1.29, 1.82) is 0 Å². The first-order valence-corrected chi connectivity index (χ1v) is 12.6. The second-order valence-electron chi connectivity index (χ2n) is 7.80.